The second kappa shape index (κ2) is 4.68. The van der Waals surface area contributed by atoms with Gasteiger partial charge in [-0.05, 0) is 18.6 Å². The average molecular weight is 237 g/mol. The van der Waals surface area contributed by atoms with Crippen molar-refractivity contribution in [2.24, 2.45) is 5.73 Å². The summed E-state index contributed by atoms with van der Waals surface area (Å²) in [5.41, 5.74) is 8.50. The number of halogens is 1. The number of alkyl halides is 1. The molecule has 1 atom stereocenters. The molecule has 0 spiro atoms. The molecule has 0 aliphatic carbocycles. The van der Waals surface area contributed by atoms with Crippen LogP contribution in [0.1, 0.15) is 24.2 Å². The van der Waals surface area contributed by atoms with Crippen LogP contribution in [0.3, 0.4) is 0 Å². The van der Waals surface area contributed by atoms with Crippen molar-refractivity contribution in [3.63, 3.8) is 0 Å². The molecule has 84 valence electrons. The normalized spacial score (nSPS) is 12.7. The molecule has 2 aromatic rings. The van der Waals surface area contributed by atoms with Crippen molar-refractivity contribution >= 4 is 11.6 Å². The van der Waals surface area contributed by atoms with E-state index in [9.17, 15) is 0 Å². The van der Waals surface area contributed by atoms with Gasteiger partial charge in [-0.25, -0.2) is 0 Å². The average Bonchev–Trinajstić information content (AvgIpc) is 2.78. The van der Waals surface area contributed by atoms with Gasteiger partial charge in [0.1, 0.15) is 5.69 Å². The van der Waals surface area contributed by atoms with E-state index >= 15 is 0 Å². The van der Waals surface area contributed by atoms with Crippen molar-refractivity contribution in [1.82, 2.24) is 5.16 Å². The van der Waals surface area contributed by atoms with Crippen molar-refractivity contribution in [1.29, 1.82) is 0 Å². The van der Waals surface area contributed by atoms with E-state index in [1.54, 1.807) is 0 Å². The molecule has 2 rings (SSSR count). The number of aromatic nitrogens is 1. The first-order valence-corrected chi connectivity index (χ1v) is 5.61. The Bertz CT molecular complexity index is 479. The van der Waals surface area contributed by atoms with E-state index < -0.39 is 0 Å². The minimum atomic E-state index is -0.117. The third-order valence-electron chi connectivity index (χ3n) is 2.36. The van der Waals surface area contributed by atoms with Gasteiger partial charge in [0.05, 0.1) is 0 Å². The Morgan fingerprint density at radius 3 is 2.88 bits per heavy atom. The van der Waals surface area contributed by atoms with Gasteiger partial charge in [0.2, 0.25) is 0 Å². The van der Waals surface area contributed by atoms with Crippen LogP contribution in [-0.2, 0) is 5.88 Å². The Labute approximate surface area is 99.2 Å². The lowest BCUT2D eigenvalue weighted by atomic mass is 10.1. The van der Waals surface area contributed by atoms with Gasteiger partial charge < -0.3 is 10.3 Å². The largest absolute Gasteiger partial charge is 0.356 e. The van der Waals surface area contributed by atoms with E-state index in [1.807, 2.05) is 37.3 Å². The first kappa shape index (κ1) is 11.2. The summed E-state index contributed by atoms with van der Waals surface area (Å²) in [6.07, 6.45) is 0. The van der Waals surface area contributed by atoms with Gasteiger partial charge >= 0.3 is 0 Å². The molecule has 0 amide bonds. The first-order chi connectivity index (χ1) is 7.70. The van der Waals surface area contributed by atoms with Crippen molar-refractivity contribution < 1.29 is 4.52 Å². The Hall–Kier alpha value is -1.32. The van der Waals surface area contributed by atoms with Gasteiger partial charge in [-0.2, -0.15) is 0 Å². The molecule has 1 aromatic heterocycles. The topological polar surface area (TPSA) is 52.0 Å². The van der Waals surface area contributed by atoms with Crippen LogP contribution in [0.5, 0.6) is 0 Å². The lowest BCUT2D eigenvalue weighted by Gasteiger charge is -1.98. The maximum absolute atomic E-state index is 5.78. The number of hydrogen-bond donors (Lipinski definition) is 1. The lowest BCUT2D eigenvalue weighted by Crippen LogP contribution is -2.04. The number of benzene rings is 1. The fourth-order valence-electron chi connectivity index (χ4n) is 1.45. The molecule has 2 N–H and O–H groups in total. The van der Waals surface area contributed by atoms with E-state index in [0.717, 1.165) is 22.6 Å². The van der Waals surface area contributed by atoms with Crippen LogP contribution in [0.2, 0.25) is 0 Å². The second-order valence-corrected chi connectivity index (χ2v) is 4.01. The molecule has 4 heteroatoms. The van der Waals surface area contributed by atoms with Crippen molar-refractivity contribution in [3.05, 3.63) is 41.6 Å². The highest BCUT2D eigenvalue weighted by atomic mass is 35.5. The molecular formula is C12H13ClN2O. The smallest absolute Gasteiger partial charge is 0.167 e. The Morgan fingerprint density at radius 1 is 1.44 bits per heavy atom. The van der Waals surface area contributed by atoms with Crippen LogP contribution in [0.25, 0.3) is 11.3 Å². The summed E-state index contributed by atoms with van der Waals surface area (Å²) in [5.74, 6) is 1.21. The second-order valence-electron chi connectivity index (χ2n) is 3.74. The van der Waals surface area contributed by atoms with Gasteiger partial charge in [0.25, 0.3) is 0 Å². The molecular weight excluding hydrogens is 224 g/mol. The fourth-order valence-corrected chi connectivity index (χ4v) is 1.61. The highest BCUT2D eigenvalue weighted by Crippen LogP contribution is 2.23. The van der Waals surface area contributed by atoms with E-state index in [1.165, 1.54) is 0 Å². The summed E-state index contributed by atoms with van der Waals surface area (Å²) in [6.45, 7) is 1.87. The highest BCUT2D eigenvalue weighted by Gasteiger charge is 2.09. The minimum absolute atomic E-state index is 0.117. The van der Waals surface area contributed by atoms with Gasteiger partial charge in [0.15, 0.2) is 5.76 Å². The zero-order valence-corrected chi connectivity index (χ0v) is 9.74. The molecule has 0 saturated heterocycles. The number of nitrogens with two attached hydrogens (primary N) is 1. The van der Waals surface area contributed by atoms with Gasteiger partial charge in [-0.3, -0.25) is 0 Å². The first-order valence-electron chi connectivity index (χ1n) is 5.08. The van der Waals surface area contributed by atoms with Crippen LogP contribution in [-0.4, -0.2) is 5.16 Å². The zero-order valence-electron chi connectivity index (χ0n) is 8.98. The molecule has 0 fully saturated rings. The van der Waals surface area contributed by atoms with Crippen LogP contribution >= 0.6 is 11.6 Å². The van der Waals surface area contributed by atoms with Crippen LogP contribution in [0, 0.1) is 0 Å². The molecule has 0 radical (unpaired) electrons. The third-order valence-corrected chi connectivity index (χ3v) is 2.67. The molecule has 0 bridgehead atoms. The maximum Gasteiger partial charge on any atom is 0.167 e. The number of hydrogen-bond acceptors (Lipinski definition) is 3. The summed E-state index contributed by atoms with van der Waals surface area (Å²) >= 11 is 5.78. The molecule has 0 aliphatic heterocycles. The van der Waals surface area contributed by atoms with Crippen LogP contribution in [0.4, 0.5) is 0 Å². The number of rotatable bonds is 3. The van der Waals surface area contributed by atoms with Crippen molar-refractivity contribution in [2.45, 2.75) is 18.8 Å². The van der Waals surface area contributed by atoms with E-state index in [-0.39, 0.29) is 6.04 Å². The molecule has 1 aromatic carbocycles. The molecule has 0 saturated carbocycles. The molecule has 1 unspecified atom stereocenters. The summed E-state index contributed by atoms with van der Waals surface area (Å²) in [4.78, 5) is 0. The predicted octanol–water partition coefficient (Wildman–Crippen LogP) is 3.10. The standard InChI is InChI=1S/C12H13ClN2O/c1-8(14)11-6-12(16-15-11)10-4-2-3-9(5-10)7-13/h2-6,8H,7,14H2,1H3. The SMILES string of the molecule is CC(N)c1cc(-c2cccc(CCl)c2)on1. The summed E-state index contributed by atoms with van der Waals surface area (Å²) in [7, 11) is 0. The van der Waals surface area contributed by atoms with Crippen LogP contribution < -0.4 is 5.73 Å². The zero-order chi connectivity index (χ0) is 11.5. The predicted molar refractivity (Wildman–Crippen MR) is 64.1 cm³/mol. The highest BCUT2D eigenvalue weighted by molar-refractivity contribution is 6.17. The van der Waals surface area contributed by atoms with Gasteiger partial charge in [-0.15, -0.1) is 11.6 Å². The Morgan fingerprint density at radius 2 is 2.25 bits per heavy atom. The third kappa shape index (κ3) is 2.26. The van der Waals surface area contributed by atoms with E-state index in [2.05, 4.69) is 5.16 Å². The van der Waals surface area contributed by atoms with Crippen LogP contribution in [0.15, 0.2) is 34.9 Å². The maximum atomic E-state index is 5.78. The molecule has 3 nitrogen and oxygen atoms in total. The fraction of sp³-hybridized carbons (Fsp3) is 0.250. The van der Waals surface area contributed by atoms with E-state index in [4.69, 9.17) is 21.9 Å². The van der Waals surface area contributed by atoms with Crippen molar-refractivity contribution in [3.8, 4) is 11.3 Å². The van der Waals surface area contributed by atoms with Crippen molar-refractivity contribution in [2.75, 3.05) is 0 Å². The molecule has 1 heterocycles. The number of nitrogens with zero attached hydrogens (tertiary/aromatic N) is 1. The minimum Gasteiger partial charge on any atom is -0.356 e. The lowest BCUT2D eigenvalue weighted by molar-refractivity contribution is 0.419. The van der Waals surface area contributed by atoms with Gasteiger partial charge in [-0.1, -0.05) is 23.4 Å². The Kier molecular flexibility index (Phi) is 3.27. The quantitative estimate of drug-likeness (QED) is 0.834. The van der Waals surface area contributed by atoms with Gasteiger partial charge in [0, 0.05) is 23.6 Å². The molecule has 0 aliphatic rings. The Balaban J connectivity index is 2.34. The van der Waals surface area contributed by atoms with E-state index in [0.29, 0.717) is 5.88 Å². The molecule has 16 heavy (non-hydrogen) atoms. The summed E-state index contributed by atoms with van der Waals surface area (Å²) in [5, 5.41) is 3.91. The monoisotopic (exact) mass is 236 g/mol. The summed E-state index contributed by atoms with van der Waals surface area (Å²) < 4.78 is 5.24. The summed E-state index contributed by atoms with van der Waals surface area (Å²) in [6, 6.07) is 9.60.